The Hall–Kier alpha value is -3.44. The van der Waals surface area contributed by atoms with Gasteiger partial charge in [0.05, 0.1) is 7.11 Å². The van der Waals surface area contributed by atoms with Gasteiger partial charge in [0.25, 0.3) is 11.6 Å². The van der Waals surface area contributed by atoms with Gasteiger partial charge in [-0.05, 0) is 50.8 Å². The zero-order valence-corrected chi connectivity index (χ0v) is 19.1. The molecule has 1 amide bonds. The normalized spacial score (nSPS) is 15.2. The van der Waals surface area contributed by atoms with E-state index in [0.29, 0.717) is 55.0 Å². The minimum absolute atomic E-state index is 0.0346. The second-order valence-electron chi connectivity index (χ2n) is 8.31. The standard InChI is InChI=1S/C22H25F3N6O3/c1-13-16(14(2)31-21(26-13)27-20(28-31)22(23,24)25)6-7-18(32)29-11-8-15(9-12-29)30-10-4-5-17(30)19(33)34-3/h4-5,10,15H,6-9,11-12H2,1-3H3. The van der Waals surface area contributed by atoms with Gasteiger partial charge in [0.15, 0.2) is 0 Å². The molecule has 4 rings (SSSR count). The first-order valence-corrected chi connectivity index (χ1v) is 10.9. The summed E-state index contributed by atoms with van der Waals surface area (Å²) in [6.45, 7) is 4.44. The van der Waals surface area contributed by atoms with Gasteiger partial charge in [-0.3, -0.25) is 4.79 Å². The first-order valence-electron chi connectivity index (χ1n) is 10.9. The van der Waals surface area contributed by atoms with Crippen molar-refractivity contribution in [3.05, 3.63) is 46.8 Å². The summed E-state index contributed by atoms with van der Waals surface area (Å²) >= 11 is 0. The van der Waals surface area contributed by atoms with E-state index in [0.717, 1.165) is 4.52 Å². The zero-order valence-electron chi connectivity index (χ0n) is 19.1. The smallest absolute Gasteiger partial charge is 0.453 e. The van der Waals surface area contributed by atoms with E-state index in [1.165, 1.54) is 7.11 Å². The second kappa shape index (κ2) is 9.07. The molecule has 182 valence electrons. The molecule has 34 heavy (non-hydrogen) atoms. The van der Waals surface area contributed by atoms with Crippen molar-refractivity contribution >= 4 is 17.7 Å². The molecule has 0 spiro atoms. The highest BCUT2D eigenvalue weighted by atomic mass is 19.4. The first kappa shape index (κ1) is 23.7. The van der Waals surface area contributed by atoms with Crippen molar-refractivity contribution in [2.75, 3.05) is 20.2 Å². The van der Waals surface area contributed by atoms with Crippen LogP contribution < -0.4 is 0 Å². The molecule has 0 aromatic carbocycles. The third-order valence-corrected chi connectivity index (χ3v) is 6.28. The highest BCUT2D eigenvalue weighted by molar-refractivity contribution is 5.87. The van der Waals surface area contributed by atoms with E-state index in [4.69, 9.17) is 4.74 Å². The Morgan fingerprint density at radius 1 is 1.18 bits per heavy atom. The maximum absolute atomic E-state index is 13.0. The van der Waals surface area contributed by atoms with Gasteiger partial charge in [0.1, 0.15) is 5.69 Å². The number of methoxy groups -OCH3 is 1. The molecule has 9 nitrogen and oxygen atoms in total. The van der Waals surface area contributed by atoms with Crippen molar-refractivity contribution in [1.29, 1.82) is 0 Å². The fourth-order valence-electron chi connectivity index (χ4n) is 4.46. The lowest BCUT2D eigenvalue weighted by Crippen LogP contribution is -2.39. The van der Waals surface area contributed by atoms with Crippen LogP contribution in [-0.2, 0) is 22.1 Å². The summed E-state index contributed by atoms with van der Waals surface area (Å²) in [6.07, 6.45) is -0.863. The van der Waals surface area contributed by atoms with E-state index in [1.54, 1.807) is 30.9 Å². The predicted octanol–water partition coefficient (Wildman–Crippen LogP) is 3.14. The lowest BCUT2D eigenvalue weighted by Gasteiger charge is -2.33. The van der Waals surface area contributed by atoms with E-state index < -0.39 is 18.0 Å². The summed E-state index contributed by atoms with van der Waals surface area (Å²) in [5, 5.41) is 3.55. The van der Waals surface area contributed by atoms with Gasteiger partial charge >= 0.3 is 12.1 Å². The molecule has 1 fully saturated rings. The van der Waals surface area contributed by atoms with Crippen LogP contribution in [0.15, 0.2) is 18.3 Å². The van der Waals surface area contributed by atoms with Crippen LogP contribution in [0.3, 0.4) is 0 Å². The number of esters is 1. The molecule has 1 saturated heterocycles. The molecule has 4 heterocycles. The third kappa shape index (κ3) is 4.48. The molecule has 0 saturated carbocycles. The zero-order chi connectivity index (χ0) is 24.6. The largest absolute Gasteiger partial charge is 0.464 e. The molecule has 0 bridgehead atoms. The van der Waals surface area contributed by atoms with Gasteiger partial charge in [0, 0.05) is 43.1 Å². The predicted molar refractivity (Wildman–Crippen MR) is 114 cm³/mol. The number of aryl methyl sites for hydroxylation is 2. The summed E-state index contributed by atoms with van der Waals surface area (Å²) in [5.41, 5.74) is 2.19. The van der Waals surface area contributed by atoms with Crippen molar-refractivity contribution in [3.8, 4) is 0 Å². The van der Waals surface area contributed by atoms with Crippen molar-refractivity contribution in [2.45, 2.75) is 51.7 Å². The number of ether oxygens (including phenoxy) is 1. The van der Waals surface area contributed by atoms with Gasteiger partial charge in [-0.15, -0.1) is 5.10 Å². The monoisotopic (exact) mass is 478 g/mol. The molecular weight excluding hydrogens is 453 g/mol. The van der Waals surface area contributed by atoms with Gasteiger partial charge in [-0.1, -0.05) is 0 Å². The highest BCUT2D eigenvalue weighted by Gasteiger charge is 2.37. The number of piperidine rings is 1. The summed E-state index contributed by atoms with van der Waals surface area (Å²) in [7, 11) is 1.34. The van der Waals surface area contributed by atoms with Crippen LogP contribution in [0.4, 0.5) is 13.2 Å². The minimum Gasteiger partial charge on any atom is -0.464 e. The number of hydrogen-bond donors (Lipinski definition) is 0. The van der Waals surface area contributed by atoms with E-state index in [9.17, 15) is 22.8 Å². The van der Waals surface area contributed by atoms with Crippen molar-refractivity contribution in [3.63, 3.8) is 0 Å². The van der Waals surface area contributed by atoms with Gasteiger partial charge in [-0.25, -0.2) is 14.3 Å². The molecule has 3 aromatic heterocycles. The second-order valence-corrected chi connectivity index (χ2v) is 8.31. The molecule has 12 heteroatoms. The van der Waals surface area contributed by atoms with Crippen molar-refractivity contribution in [2.24, 2.45) is 0 Å². The molecule has 3 aromatic rings. The Kier molecular flexibility index (Phi) is 6.32. The number of carbonyl (C=O) groups excluding carboxylic acids is 2. The van der Waals surface area contributed by atoms with Gasteiger partial charge in [-0.2, -0.15) is 18.2 Å². The average Bonchev–Trinajstić information content (AvgIpc) is 3.46. The first-order chi connectivity index (χ1) is 16.1. The van der Waals surface area contributed by atoms with E-state index in [-0.39, 0.29) is 24.1 Å². The van der Waals surface area contributed by atoms with Crippen LogP contribution in [0.1, 0.15) is 58.6 Å². The van der Waals surface area contributed by atoms with E-state index >= 15 is 0 Å². The highest BCUT2D eigenvalue weighted by Crippen LogP contribution is 2.28. The number of rotatable bonds is 5. The van der Waals surface area contributed by atoms with E-state index in [2.05, 4.69) is 15.1 Å². The molecule has 1 aliphatic heterocycles. The quantitative estimate of drug-likeness (QED) is 0.523. The Morgan fingerprint density at radius 2 is 1.88 bits per heavy atom. The SMILES string of the molecule is COC(=O)c1cccn1C1CCN(C(=O)CCc2c(C)nc3nc(C(F)(F)F)nn3c2C)CC1. The fraction of sp³-hybridized carbons (Fsp3) is 0.500. The molecule has 0 radical (unpaired) electrons. The topological polar surface area (TPSA) is 94.6 Å². The molecular formula is C22H25F3N6O3. The van der Waals surface area contributed by atoms with Crippen LogP contribution >= 0.6 is 0 Å². The van der Waals surface area contributed by atoms with Crippen molar-refractivity contribution in [1.82, 2.24) is 29.0 Å². The number of hydrogen-bond acceptors (Lipinski definition) is 6. The number of likely N-dealkylation sites (tertiary alicyclic amines) is 1. The number of carbonyl (C=O) groups is 2. The summed E-state index contributed by atoms with van der Waals surface area (Å²) in [4.78, 5) is 34.2. The Balaban J connectivity index is 1.40. The van der Waals surface area contributed by atoms with Crippen LogP contribution in [0.5, 0.6) is 0 Å². The lowest BCUT2D eigenvalue weighted by atomic mass is 10.0. The maximum atomic E-state index is 13.0. The van der Waals surface area contributed by atoms with E-state index in [1.807, 2.05) is 10.8 Å². The number of halogens is 3. The molecule has 0 N–H and O–H groups in total. The Morgan fingerprint density at radius 3 is 2.53 bits per heavy atom. The molecule has 0 atom stereocenters. The van der Waals surface area contributed by atoms with Crippen LogP contribution in [0.2, 0.25) is 0 Å². The van der Waals surface area contributed by atoms with Crippen LogP contribution in [0, 0.1) is 13.8 Å². The van der Waals surface area contributed by atoms with Gasteiger partial charge < -0.3 is 14.2 Å². The lowest BCUT2D eigenvalue weighted by molar-refractivity contribution is -0.144. The Labute approximate surface area is 193 Å². The number of alkyl halides is 3. The van der Waals surface area contributed by atoms with Crippen LogP contribution in [-0.4, -0.2) is 61.1 Å². The number of nitrogens with zero attached hydrogens (tertiary/aromatic N) is 6. The third-order valence-electron chi connectivity index (χ3n) is 6.28. The number of amides is 1. The molecule has 0 unspecified atom stereocenters. The van der Waals surface area contributed by atoms with Crippen molar-refractivity contribution < 1.29 is 27.5 Å². The summed E-state index contributed by atoms with van der Waals surface area (Å²) in [5.74, 6) is -1.78. The van der Waals surface area contributed by atoms with Gasteiger partial charge in [0.2, 0.25) is 5.91 Å². The average molecular weight is 478 g/mol. The summed E-state index contributed by atoms with van der Waals surface area (Å²) in [6, 6.07) is 3.61. The minimum atomic E-state index is -4.66. The molecule has 0 aliphatic carbocycles. The summed E-state index contributed by atoms with van der Waals surface area (Å²) < 4.78 is 46.7. The fourth-order valence-corrected chi connectivity index (χ4v) is 4.46. The molecule has 1 aliphatic rings. The number of fused-ring (bicyclic) bond motifs is 1. The van der Waals surface area contributed by atoms with Crippen LogP contribution in [0.25, 0.3) is 5.78 Å². The Bertz CT molecular complexity index is 1220. The maximum Gasteiger partial charge on any atom is 0.453 e. The number of aromatic nitrogens is 5.